The molecule has 0 atom stereocenters. The molecule has 3 aromatic rings. The first-order chi connectivity index (χ1) is 10.6. The molecule has 0 saturated heterocycles. The minimum absolute atomic E-state index is 0.0864. The van der Waals surface area contributed by atoms with E-state index in [0.717, 1.165) is 12.1 Å². The van der Waals surface area contributed by atoms with Gasteiger partial charge in [-0.15, -0.1) is 5.10 Å². The van der Waals surface area contributed by atoms with E-state index in [9.17, 15) is 13.6 Å². The zero-order valence-electron chi connectivity index (χ0n) is 11.2. The van der Waals surface area contributed by atoms with Crippen LogP contribution in [0.25, 0.3) is 5.69 Å². The van der Waals surface area contributed by atoms with Gasteiger partial charge in [0.1, 0.15) is 11.5 Å². The molecule has 0 aliphatic rings. The molecule has 0 radical (unpaired) electrons. The lowest BCUT2D eigenvalue weighted by Gasteiger charge is -2.03. The summed E-state index contributed by atoms with van der Waals surface area (Å²) < 4.78 is 27.8. The summed E-state index contributed by atoms with van der Waals surface area (Å²) in [7, 11) is 0. The number of amides is 1. The molecule has 7 heteroatoms. The monoisotopic (exact) mass is 300 g/mol. The van der Waals surface area contributed by atoms with E-state index in [0.29, 0.717) is 5.56 Å². The second-order valence-electron chi connectivity index (χ2n) is 4.44. The molecule has 1 amide bonds. The van der Waals surface area contributed by atoms with Gasteiger partial charge in [-0.25, -0.2) is 13.5 Å². The molecule has 1 N–H and O–H groups in total. The van der Waals surface area contributed by atoms with Crippen molar-refractivity contribution in [2.45, 2.75) is 0 Å². The Morgan fingerprint density at radius 1 is 1.18 bits per heavy atom. The lowest BCUT2D eigenvalue weighted by atomic mass is 10.3. The van der Waals surface area contributed by atoms with E-state index in [1.54, 1.807) is 18.3 Å². The number of pyridine rings is 1. The number of halogens is 2. The highest BCUT2D eigenvalue weighted by molar-refractivity contribution is 6.03. The van der Waals surface area contributed by atoms with Crippen molar-refractivity contribution in [3.8, 4) is 5.69 Å². The van der Waals surface area contributed by atoms with Crippen LogP contribution in [0.15, 0.2) is 55.0 Å². The van der Waals surface area contributed by atoms with Crippen molar-refractivity contribution in [1.29, 1.82) is 0 Å². The number of hydrogen-bond donors (Lipinski definition) is 1. The van der Waals surface area contributed by atoms with Crippen LogP contribution in [0.4, 0.5) is 14.6 Å². The molecule has 0 fully saturated rings. The van der Waals surface area contributed by atoms with Crippen LogP contribution in [0.2, 0.25) is 0 Å². The van der Waals surface area contributed by atoms with Crippen molar-refractivity contribution in [1.82, 2.24) is 14.8 Å². The van der Waals surface area contributed by atoms with Crippen molar-refractivity contribution in [2.24, 2.45) is 0 Å². The third kappa shape index (κ3) is 2.83. The predicted octanol–water partition coefficient (Wildman–Crippen LogP) is 2.80. The maximum absolute atomic E-state index is 13.7. The smallest absolute Gasteiger partial charge is 0.258 e. The van der Waals surface area contributed by atoms with Crippen LogP contribution in [0.3, 0.4) is 0 Å². The van der Waals surface area contributed by atoms with Gasteiger partial charge in [0.2, 0.25) is 0 Å². The summed E-state index contributed by atoms with van der Waals surface area (Å²) in [6, 6.07) is 7.93. The topological polar surface area (TPSA) is 59.8 Å². The number of aromatic nitrogens is 3. The number of carbonyl (C=O) groups excluding carboxylic acids is 1. The standard InChI is InChI=1S/C15H10F2N4O/c16-11-3-4-13(12(17)8-11)21-7-5-14(20-21)19-15(22)10-2-1-6-18-9-10/h1-9H,(H,19,20,22). The number of anilines is 1. The summed E-state index contributed by atoms with van der Waals surface area (Å²) in [6.07, 6.45) is 4.45. The number of nitrogens with one attached hydrogen (secondary N) is 1. The van der Waals surface area contributed by atoms with Gasteiger partial charge >= 0.3 is 0 Å². The Morgan fingerprint density at radius 2 is 2.05 bits per heavy atom. The first-order valence-electron chi connectivity index (χ1n) is 6.36. The van der Waals surface area contributed by atoms with Gasteiger partial charge in [-0.1, -0.05) is 0 Å². The number of rotatable bonds is 3. The first-order valence-corrected chi connectivity index (χ1v) is 6.36. The zero-order valence-corrected chi connectivity index (χ0v) is 11.2. The second-order valence-corrected chi connectivity index (χ2v) is 4.44. The molecule has 2 heterocycles. The number of hydrogen-bond acceptors (Lipinski definition) is 3. The quantitative estimate of drug-likeness (QED) is 0.809. The summed E-state index contributed by atoms with van der Waals surface area (Å²) in [5.74, 6) is -1.54. The molecule has 110 valence electrons. The number of carbonyl (C=O) groups is 1. The fourth-order valence-electron chi connectivity index (χ4n) is 1.88. The van der Waals surface area contributed by atoms with Crippen LogP contribution < -0.4 is 5.32 Å². The largest absolute Gasteiger partial charge is 0.305 e. The summed E-state index contributed by atoms with van der Waals surface area (Å²) >= 11 is 0. The number of benzene rings is 1. The van der Waals surface area contributed by atoms with Crippen molar-refractivity contribution >= 4 is 11.7 Å². The van der Waals surface area contributed by atoms with Gasteiger partial charge in [0.05, 0.1) is 5.56 Å². The van der Waals surface area contributed by atoms with Crippen molar-refractivity contribution in [2.75, 3.05) is 5.32 Å². The second kappa shape index (κ2) is 5.72. The van der Waals surface area contributed by atoms with E-state index in [2.05, 4.69) is 15.4 Å². The summed E-state index contributed by atoms with van der Waals surface area (Å²) in [5.41, 5.74) is 0.466. The normalized spacial score (nSPS) is 10.5. The highest BCUT2D eigenvalue weighted by Gasteiger charge is 2.10. The third-order valence-electron chi connectivity index (χ3n) is 2.91. The maximum atomic E-state index is 13.7. The molecular weight excluding hydrogens is 290 g/mol. The van der Waals surface area contributed by atoms with E-state index in [4.69, 9.17) is 0 Å². The van der Waals surface area contributed by atoms with Gasteiger partial charge < -0.3 is 5.32 Å². The van der Waals surface area contributed by atoms with Crippen LogP contribution in [0.5, 0.6) is 0 Å². The highest BCUT2D eigenvalue weighted by Crippen LogP contribution is 2.16. The molecule has 0 aliphatic heterocycles. The van der Waals surface area contributed by atoms with Crippen LogP contribution in [-0.4, -0.2) is 20.7 Å². The van der Waals surface area contributed by atoms with Gasteiger partial charge in [0.25, 0.3) is 5.91 Å². The Hall–Kier alpha value is -3.09. The Morgan fingerprint density at radius 3 is 2.77 bits per heavy atom. The van der Waals surface area contributed by atoms with E-state index in [-0.39, 0.29) is 17.4 Å². The van der Waals surface area contributed by atoms with Crippen LogP contribution in [-0.2, 0) is 0 Å². The summed E-state index contributed by atoms with van der Waals surface area (Å²) in [6.45, 7) is 0. The van der Waals surface area contributed by atoms with Crippen LogP contribution in [0.1, 0.15) is 10.4 Å². The van der Waals surface area contributed by atoms with Gasteiger partial charge in [-0.2, -0.15) is 0 Å². The molecule has 0 bridgehead atoms. The lowest BCUT2D eigenvalue weighted by Crippen LogP contribution is -2.12. The average molecular weight is 300 g/mol. The van der Waals surface area contributed by atoms with Crippen molar-refractivity contribution in [3.05, 3.63) is 72.2 Å². The molecule has 0 unspecified atom stereocenters. The van der Waals surface area contributed by atoms with E-state index in [1.165, 1.54) is 29.2 Å². The minimum Gasteiger partial charge on any atom is -0.305 e. The van der Waals surface area contributed by atoms with Gasteiger partial charge in [0.15, 0.2) is 11.6 Å². The summed E-state index contributed by atoms with van der Waals surface area (Å²) in [5, 5.41) is 6.61. The number of nitrogens with zero attached hydrogens (tertiary/aromatic N) is 3. The lowest BCUT2D eigenvalue weighted by molar-refractivity contribution is 0.102. The third-order valence-corrected chi connectivity index (χ3v) is 2.91. The fraction of sp³-hybridized carbons (Fsp3) is 0. The maximum Gasteiger partial charge on any atom is 0.258 e. The van der Waals surface area contributed by atoms with Crippen LogP contribution in [0, 0.1) is 11.6 Å². The van der Waals surface area contributed by atoms with E-state index in [1.807, 2.05) is 0 Å². The predicted molar refractivity (Wildman–Crippen MR) is 75.7 cm³/mol. The zero-order chi connectivity index (χ0) is 15.5. The molecule has 1 aromatic carbocycles. The van der Waals surface area contributed by atoms with Gasteiger partial charge in [-0.05, 0) is 24.3 Å². The fourth-order valence-corrected chi connectivity index (χ4v) is 1.88. The molecular formula is C15H10F2N4O. The molecule has 0 spiro atoms. The van der Waals surface area contributed by atoms with Gasteiger partial charge in [0, 0.05) is 30.7 Å². The Labute approximate surface area is 124 Å². The SMILES string of the molecule is O=C(Nc1ccn(-c2ccc(F)cc2F)n1)c1cccnc1. The molecule has 22 heavy (non-hydrogen) atoms. The molecule has 0 aliphatic carbocycles. The van der Waals surface area contributed by atoms with E-state index >= 15 is 0 Å². The summed E-state index contributed by atoms with van der Waals surface area (Å²) in [4.78, 5) is 15.8. The Kier molecular flexibility index (Phi) is 3.61. The average Bonchev–Trinajstić information content (AvgIpc) is 2.96. The minimum atomic E-state index is -0.742. The molecule has 0 saturated carbocycles. The molecule has 3 rings (SSSR count). The van der Waals surface area contributed by atoms with Gasteiger partial charge in [-0.3, -0.25) is 9.78 Å². The Bertz CT molecular complexity index is 817. The molecule has 5 nitrogen and oxygen atoms in total. The van der Waals surface area contributed by atoms with Crippen molar-refractivity contribution < 1.29 is 13.6 Å². The Balaban J connectivity index is 1.81. The van der Waals surface area contributed by atoms with Crippen molar-refractivity contribution in [3.63, 3.8) is 0 Å². The van der Waals surface area contributed by atoms with E-state index < -0.39 is 11.6 Å². The molecule has 2 aromatic heterocycles. The highest BCUT2D eigenvalue weighted by atomic mass is 19.1. The van der Waals surface area contributed by atoms with Crippen LogP contribution >= 0.6 is 0 Å². The first kappa shape index (κ1) is 13.9.